The molecule has 2 aromatic carbocycles. The maximum atomic E-state index is 11.9. The fourth-order valence-corrected chi connectivity index (χ4v) is 2.70. The molecular weight excluding hydrogens is 328 g/mol. The van der Waals surface area contributed by atoms with Gasteiger partial charge in [0.2, 0.25) is 5.91 Å². The number of amides is 1. The molecule has 2 N–H and O–H groups in total. The summed E-state index contributed by atoms with van der Waals surface area (Å²) in [7, 11) is 1.63. The van der Waals surface area contributed by atoms with Crippen LogP contribution in [-0.2, 0) is 11.2 Å². The molecule has 0 atom stereocenters. The van der Waals surface area contributed by atoms with E-state index in [4.69, 9.17) is 9.47 Å². The molecule has 140 valence electrons. The Balaban J connectivity index is 1.65. The first-order valence-corrected chi connectivity index (χ1v) is 9.00. The van der Waals surface area contributed by atoms with Crippen LogP contribution in [0, 0.1) is 6.92 Å². The van der Waals surface area contributed by atoms with Gasteiger partial charge in [0.1, 0.15) is 18.1 Å². The standard InChI is InChI=1S/C21H28N2O3/c1-4-17-7-5-6-16(2)21(17)23-13-12-20(24)22-14-15-26-19-10-8-18(25-3)9-11-19/h5-11,23H,4,12-15H2,1-3H3,(H,22,24). The van der Waals surface area contributed by atoms with Crippen molar-refractivity contribution >= 4 is 11.6 Å². The van der Waals surface area contributed by atoms with Crippen LogP contribution in [0.4, 0.5) is 5.69 Å². The molecule has 0 saturated carbocycles. The minimum absolute atomic E-state index is 0.0162. The minimum Gasteiger partial charge on any atom is -0.497 e. The summed E-state index contributed by atoms with van der Waals surface area (Å²) in [5.41, 5.74) is 3.63. The first-order chi connectivity index (χ1) is 12.6. The summed E-state index contributed by atoms with van der Waals surface area (Å²) in [5.74, 6) is 1.56. The van der Waals surface area contributed by atoms with E-state index in [0.717, 1.165) is 23.6 Å². The van der Waals surface area contributed by atoms with Crippen LogP contribution in [0.15, 0.2) is 42.5 Å². The van der Waals surface area contributed by atoms with Gasteiger partial charge in [0.15, 0.2) is 0 Å². The summed E-state index contributed by atoms with van der Waals surface area (Å²) >= 11 is 0. The Hall–Kier alpha value is -2.69. The largest absolute Gasteiger partial charge is 0.497 e. The zero-order valence-corrected chi connectivity index (χ0v) is 15.8. The molecule has 0 unspecified atom stereocenters. The van der Waals surface area contributed by atoms with Crippen molar-refractivity contribution in [3.63, 3.8) is 0 Å². The fraction of sp³-hybridized carbons (Fsp3) is 0.381. The smallest absolute Gasteiger partial charge is 0.221 e. The summed E-state index contributed by atoms with van der Waals surface area (Å²) in [6.07, 6.45) is 1.40. The van der Waals surface area contributed by atoms with Gasteiger partial charge in [0, 0.05) is 18.7 Å². The summed E-state index contributed by atoms with van der Waals surface area (Å²) < 4.78 is 10.7. The highest BCUT2D eigenvalue weighted by Crippen LogP contribution is 2.20. The van der Waals surface area contributed by atoms with E-state index >= 15 is 0 Å². The lowest BCUT2D eigenvalue weighted by molar-refractivity contribution is -0.120. The molecule has 0 heterocycles. The third-order valence-electron chi connectivity index (χ3n) is 4.15. The molecule has 0 saturated heterocycles. The van der Waals surface area contributed by atoms with Crippen molar-refractivity contribution in [2.24, 2.45) is 0 Å². The monoisotopic (exact) mass is 356 g/mol. The first-order valence-electron chi connectivity index (χ1n) is 9.00. The summed E-state index contributed by atoms with van der Waals surface area (Å²) in [6.45, 7) is 5.75. The van der Waals surface area contributed by atoms with Gasteiger partial charge in [-0.1, -0.05) is 25.1 Å². The van der Waals surface area contributed by atoms with Crippen LogP contribution < -0.4 is 20.1 Å². The van der Waals surface area contributed by atoms with Crippen molar-refractivity contribution in [2.45, 2.75) is 26.7 Å². The van der Waals surface area contributed by atoms with Gasteiger partial charge in [0.05, 0.1) is 13.7 Å². The number of benzene rings is 2. The summed E-state index contributed by atoms with van der Waals surface area (Å²) in [5, 5.41) is 6.26. The molecule has 26 heavy (non-hydrogen) atoms. The Morgan fingerprint density at radius 2 is 1.77 bits per heavy atom. The maximum Gasteiger partial charge on any atom is 0.221 e. The molecule has 0 bridgehead atoms. The van der Waals surface area contributed by atoms with E-state index in [2.05, 4.69) is 42.7 Å². The topological polar surface area (TPSA) is 59.6 Å². The van der Waals surface area contributed by atoms with Gasteiger partial charge < -0.3 is 20.1 Å². The zero-order valence-electron chi connectivity index (χ0n) is 15.8. The first kappa shape index (κ1) is 19.6. The van der Waals surface area contributed by atoms with Crippen molar-refractivity contribution in [2.75, 3.05) is 32.1 Å². The van der Waals surface area contributed by atoms with Gasteiger partial charge in [0.25, 0.3) is 0 Å². The third-order valence-corrected chi connectivity index (χ3v) is 4.15. The van der Waals surface area contributed by atoms with Crippen LogP contribution in [0.2, 0.25) is 0 Å². The zero-order chi connectivity index (χ0) is 18.8. The lowest BCUT2D eigenvalue weighted by Crippen LogP contribution is -2.29. The molecule has 0 aliphatic rings. The molecule has 2 aromatic rings. The van der Waals surface area contributed by atoms with Gasteiger partial charge in [-0.05, 0) is 48.7 Å². The summed E-state index contributed by atoms with van der Waals surface area (Å²) in [6, 6.07) is 13.6. The van der Waals surface area contributed by atoms with Crippen LogP contribution in [-0.4, -0.2) is 32.7 Å². The van der Waals surface area contributed by atoms with Crippen LogP contribution in [0.3, 0.4) is 0 Å². The number of nitrogens with one attached hydrogen (secondary N) is 2. The second-order valence-electron chi connectivity index (χ2n) is 6.01. The highest BCUT2D eigenvalue weighted by molar-refractivity contribution is 5.76. The van der Waals surface area contributed by atoms with Crippen LogP contribution in [0.25, 0.3) is 0 Å². The van der Waals surface area contributed by atoms with Crippen molar-refractivity contribution in [1.82, 2.24) is 5.32 Å². The SMILES string of the molecule is CCc1cccc(C)c1NCCC(=O)NCCOc1ccc(OC)cc1. The predicted molar refractivity (Wildman–Crippen MR) is 105 cm³/mol. The molecular formula is C21H28N2O3. The third kappa shape index (κ3) is 5.99. The second kappa shape index (κ2) is 10.3. The Morgan fingerprint density at radius 3 is 2.46 bits per heavy atom. The van der Waals surface area contributed by atoms with Gasteiger partial charge in [-0.3, -0.25) is 4.79 Å². The molecule has 0 aliphatic heterocycles. The number of hydrogen-bond donors (Lipinski definition) is 2. The lowest BCUT2D eigenvalue weighted by Gasteiger charge is -2.14. The quantitative estimate of drug-likeness (QED) is 0.639. The number of carbonyl (C=O) groups excluding carboxylic acids is 1. The second-order valence-corrected chi connectivity index (χ2v) is 6.01. The van der Waals surface area contributed by atoms with E-state index in [0.29, 0.717) is 26.1 Å². The van der Waals surface area contributed by atoms with Gasteiger partial charge in [-0.15, -0.1) is 0 Å². The molecule has 0 aliphatic carbocycles. The fourth-order valence-electron chi connectivity index (χ4n) is 2.70. The van der Waals surface area contributed by atoms with E-state index in [1.165, 1.54) is 11.1 Å². The van der Waals surface area contributed by atoms with Crippen molar-refractivity contribution < 1.29 is 14.3 Å². The van der Waals surface area contributed by atoms with E-state index in [-0.39, 0.29) is 5.91 Å². The normalized spacial score (nSPS) is 10.3. The highest BCUT2D eigenvalue weighted by atomic mass is 16.5. The van der Waals surface area contributed by atoms with E-state index in [1.54, 1.807) is 7.11 Å². The Kier molecular flexibility index (Phi) is 7.80. The lowest BCUT2D eigenvalue weighted by atomic mass is 10.1. The number of aryl methyl sites for hydroxylation is 2. The van der Waals surface area contributed by atoms with Crippen molar-refractivity contribution in [3.05, 3.63) is 53.6 Å². The molecule has 0 spiro atoms. The molecule has 5 heteroatoms. The van der Waals surface area contributed by atoms with Crippen LogP contribution in [0.5, 0.6) is 11.5 Å². The number of para-hydroxylation sites is 1. The molecule has 2 rings (SSSR count). The molecule has 1 amide bonds. The minimum atomic E-state index is 0.0162. The maximum absolute atomic E-state index is 11.9. The van der Waals surface area contributed by atoms with Crippen molar-refractivity contribution in [1.29, 1.82) is 0 Å². The number of ether oxygens (including phenoxy) is 2. The van der Waals surface area contributed by atoms with E-state index < -0.39 is 0 Å². The molecule has 0 fully saturated rings. The van der Waals surface area contributed by atoms with Gasteiger partial charge >= 0.3 is 0 Å². The number of rotatable bonds is 10. The number of anilines is 1. The van der Waals surface area contributed by atoms with Gasteiger partial charge in [-0.25, -0.2) is 0 Å². The van der Waals surface area contributed by atoms with E-state index in [1.807, 2.05) is 24.3 Å². The average Bonchev–Trinajstić information content (AvgIpc) is 2.67. The van der Waals surface area contributed by atoms with Crippen LogP contribution >= 0.6 is 0 Å². The Bertz CT molecular complexity index is 699. The highest BCUT2D eigenvalue weighted by Gasteiger charge is 2.05. The number of carbonyl (C=O) groups is 1. The average molecular weight is 356 g/mol. The Morgan fingerprint density at radius 1 is 1.04 bits per heavy atom. The van der Waals surface area contributed by atoms with Crippen LogP contribution in [0.1, 0.15) is 24.5 Å². The van der Waals surface area contributed by atoms with E-state index in [9.17, 15) is 4.79 Å². The predicted octanol–water partition coefficient (Wildman–Crippen LogP) is 3.56. The molecule has 5 nitrogen and oxygen atoms in total. The van der Waals surface area contributed by atoms with Crippen molar-refractivity contribution in [3.8, 4) is 11.5 Å². The summed E-state index contributed by atoms with van der Waals surface area (Å²) in [4.78, 5) is 11.9. The van der Waals surface area contributed by atoms with Gasteiger partial charge in [-0.2, -0.15) is 0 Å². The molecule has 0 radical (unpaired) electrons. The number of methoxy groups -OCH3 is 1. The number of hydrogen-bond acceptors (Lipinski definition) is 4. The Labute approximate surface area is 155 Å². The molecule has 0 aromatic heterocycles.